The van der Waals surface area contributed by atoms with Crippen LogP contribution in [-0.4, -0.2) is 19.8 Å². The van der Waals surface area contributed by atoms with Crippen LogP contribution in [0.1, 0.15) is 11.6 Å². The lowest BCUT2D eigenvalue weighted by Gasteiger charge is -2.24. The minimum absolute atomic E-state index is 0. The number of hydrogen-bond donors (Lipinski definition) is 1. The molecule has 0 spiro atoms. The summed E-state index contributed by atoms with van der Waals surface area (Å²) in [6.07, 6.45) is 0. The Hall–Kier alpha value is -0.160. The van der Waals surface area contributed by atoms with Gasteiger partial charge in [-0.25, -0.2) is 4.39 Å². The van der Waals surface area contributed by atoms with E-state index in [1.807, 2.05) is 0 Å². The molecule has 1 heterocycles. The second-order valence-corrected chi connectivity index (χ2v) is 4.16. The number of morpholine rings is 1. The summed E-state index contributed by atoms with van der Waals surface area (Å²) in [6.45, 7) is 2.01. The first-order valence-electron chi connectivity index (χ1n) is 4.53. The van der Waals surface area contributed by atoms with Gasteiger partial charge in [0.05, 0.1) is 19.3 Å². The summed E-state index contributed by atoms with van der Waals surface area (Å²) in [7, 11) is 0. The molecule has 0 bridgehead atoms. The predicted molar refractivity (Wildman–Crippen MR) is 62.9 cm³/mol. The number of nitrogens with one attached hydrogen (secondary N) is 1. The largest absolute Gasteiger partial charge is 0.378 e. The van der Waals surface area contributed by atoms with Crippen LogP contribution in [0.3, 0.4) is 0 Å². The van der Waals surface area contributed by atoms with E-state index in [4.69, 9.17) is 4.74 Å². The van der Waals surface area contributed by atoms with Crippen LogP contribution < -0.4 is 5.32 Å². The summed E-state index contributed by atoms with van der Waals surface area (Å²) in [4.78, 5) is 0. The summed E-state index contributed by atoms with van der Waals surface area (Å²) in [6, 6.07) is 4.93. The molecule has 2 rings (SSSR count). The van der Waals surface area contributed by atoms with Gasteiger partial charge in [-0.1, -0.05) is 15.9 Å². The Morgan fingerprint density at radius 2 is 2.27 bits per heavy atom. The Labute approximate surface area is 103 Å². The summed E-state index contributed by atoms with van der Waals surface area (Å²) >= 11 is 3.33. The zero-order chi connectivity index (χ0) is 9.97. The Morgan fingerprint density at radius 1 is 1.47 bits per heavy atom. The van der Waals surface area contributed by atoms with E-state index in [0.717, 1.165) is 11.0 Å². The van der Waals surface area contributed by atoms with Crippen molar-refractivity contribution < 1.29 is 9.13 Å². The fraction of sp³-hybridized carbons (Fsp3) is 0.400. The molecule has 1 aromatic rings. The average Bonchev–Trinajstić information content (AvgIpc) is 2.23. The lowest BCUT2D eigenvalue weighted by atomic mass is 10.1. The molecule has 1 N–H and O–H groups in total. The molecule has 0 amide bonds. The summed E-state index contributed by atoms with van der Waals surface area (Å²) in [5, 5.41) is 3.22. The predicted octanol–water partition coefficient (Wildman–Crippen LogP) is 2.67. The number of rotatable bonds is 1. The van der Waals surface area contributed by atoms with Gasteiger partial charge in [0, 0.05) is 16.6 Å². The number of hydrogen-bond acceptors (Lipinski definition) is 2. The molecule has 1 fully saturated rings. The third-order valence-electron chi connectivity index (χ3n) is 2.26. The Kier molecular flexibility index (Phi) is 4.99. The molecule has 15 heavy (non-hydrogen) atoms. The van der Waals surface area contributed by atoms with Crippen LogP contribution in [-0.2, 0) is 4.74 Å². The third-order valence-corrected chi connectivity index (χ3v) is 2.75. The monoisotopic (exact) mass is 295 g/mol. The van der Waals surface area contributed by atoms with Gasteiger partial charge in [-0.3, -0.25) is 0 Å². The highest BCUT2D eigenvalue weighted by atomic mass is 79.9. The topological polar surface area (TPSA) is 21.3 Å². The molecule has 0 aromatic heterocycles. The van der Waals surface area contributed by atoms with E-state index in [-0.39, 0.29) is 24.3 Å². The van der Waals surface area contributed by atoms with Crippen molar-refractivity contribution in [2.24, 2.45) is 0 Å². The fourth-order valence-electron chi connectivity index (χ4n) is 1.55. The average molecular weight is 297 g/mol. The second-order valence-electron chi connectivity index (χ2n) is 3.25. The molecule has 0 unspecified atom stereocenters. The van der Waals surface area contributed by atoms with Gasteiger partial charge in [0.1, 0.15) is 5.82 Å². The van der Waals surface area contributed by atoms with Crippen molar-refractivity contribution in [2.45, 2.75) is 6.04 Å². The van der Waals surface area contributed by atoms with E-state index in [2.05, 4.69) is 21.2 Å². The van der Waals surface area contributed by atoms with E-state index >= 15 is 0 Å². The smallest absolute Gasteiger partial charge is 0.128 e. The van der Waals surface area contributed by atoms with Gasteiger partial charge in [0.15, 0.2) is 0 Å². The van der Waals surface area contributed by atoms with Crippen LogP contribution in [0.2, 0.25) is 0 Å². The van der Waals surface area contributed by atoms with Gasteiger partial charge in [0.25, 0.3) is 0 Å². The van der Waals surface area contributed by atoms with Crippen molar-refractivity contribution in [1.29, 1.82) is 0 Å². The molecule has 0 radical (unpaired) electrons. The number of ether oxygens (including phenoxy) is 1. The van der Waals surface area contributed by atoms with Gasteiger partial charge in [-0.05, 0) is 18.2 Å². The van der Waals surface area contributed by atoms with Crippen molar-refractivity contribution in [2.75, 3.05) is 19.8 Å². The fourth-order valence-corrected chi connectivity index (χ4v) is 1.93. The zero-order valence-electron chi connectivity index (χ0n) is 8.00. The normalized spacial score (nSPS) is 20.8. The molecule has 0 saturated carbocycles. The number of benzene rings is 1. The molecule has 1 aliphatic heterocycles. The lowest BCUT2D eigenvalue weighted by Crippen LogP contribution is -2.35. The van der Waals surface area contributed by atoms with Crippen LogP contribution in [0.25, 0.3) is 0 Å². The standard InChI is InChI=1S/C10H11BrFNO.ClH/c11-7-1-2-9(12)8(5-7)10-6-14-4-3-13-10;/h1-2,5,10,13H,3-4,6H2;1H/t10-;/m1./s1. The molecule has 1 atom stereocenters. The van der Waals surface area contributed by atoms with Gasteiger partial charge >= 0.3 is 0 Å². The van der Waals surface area contributed by atoms with E-state index < -0.39 is 0 Å². The van der Waals surface area contributed by atoms with E-state index in [1.165, 1.54) is 6.07 Å². The summed E-state index contributed by atoms with van der Waals surface area (Å²) in [5.74, 6) is -0.184. The van der Waals surface area contributed by atoms with E-state index in [9.17, 15) is 4.39 Å². The highest BCUT2D eigenvalue weighted by Gasteiger charge is 2.18. The van der Waals surface area contributed by atoms with Crippen LogP contribution in [0.5, 0.6) is 0 Å². The van der Waals surface area contributed by atoms with Crippen LogP contribution in [0.15, 0.2) is 22.7 Å². The molecule has 1 aromatic carbocycles. The van der Waals surface area contributed by atoms with Crippen LogP contribution in [0, 0.1) is 5.82 Å². The molecule has 84 valence electrons. The second kappa shape index (κ2) is 5.80. The van der Waals surface area contributed by atoms with Crippen molar-refractivity contribution in [3.05, 3.63) is 34.1 Å². The van der Waals surface area contributed by atoms with Gasteiger partial charge < -0.3 is 10.1 Å². The molecule has 0 aliphatic carbocycles. The highest BCUT2D eigenvalue weighted by Crippen LogP contribution is 2.23. The molecule has 5 heteroatoms. The zero-order valence-corrected chi connectivity index (χ0v) is 10.4. The Morgan fingerprint density at radius 3 is 2.93 bits per heavy atom. The van der Waals surface area contributed by atoms with Crippen LogP contribution in [0.4, 0.5) is 4.39 Å². The van der Waals surface area contributed by atoms with Crippen molar-refractivity contribution in [3.63, 3.8) is 0 Å². The maximum atomic E-state index is 13.4. The first-order valence-corrected chi connectivity index (χ1v) is 5.33. The van der Waals surface area contributed by atoms with Gasteiger partial charge in [0.2, 0.25) is 0 Å². The number of halogens is 3. The molecular formula is C10H12BrClFNO. The minimum Gasteiger partial charge on any atom is -0.378 e. The van der Waals surface area contributed by atoms with Crippen LogP contribution >= 0.6 is 28.3 Å². The Balaban J connectivity index is 0.00000112. The van der Waals surface area contributed by atoms with Crippen molar-refractivity contribution in [1.82, 2.24) is 5.32 Å². The van der Waals surface area contributed by atoms with Crippen molar-refractivity contribution in [3.8, 4) is 0 Å². The van der Waals surface area contributed by atoms with Crippen molar-refractivity contribution >= 4 is 28.3 Å². The maximum absolute atomic E-state index is 13.4. The third kappa shape index (κ3) is 3.14. The maximum Gasteiger partial charge on any atom is 0.128 e. The first kappa shape index (κ1) is 12.9. The molecule has 2 nitrogen and oxygen atoms in total. The van der Waals surface area contributed by atoms with Gasteiger partial charge in [-0.15, -0.1) is 12.4 Å². The highest BCUT2D eigenvalue weighted by molar-refractivity contribution is 9.10. The lowest BCUT2D eigenvalue weighted by molar-refractivity contribution is 0.0757. The quantitative estimate of drug-likeness (QED) is 0.860. The summed E-state index contributed by atoms with van der Waals surface area (Å²) in [5.41, 5.74) is 0.666. The summed E-state index contributed by atoms with van der Waals surface area (Å²) < 4.78 is 19.6. The van der Waals surface area contributed by atoms with E-state index in [0.29, 0.717) is 18.8 Å². The van der Waals surface area contributed by atoms with E-state index in [1.54, 1.807) is 12.1 Å². The molecular weight excluding hydrogens is 284 g/mol. The SMILES string of the molecule is Cl.Fc1ccc(Br)cc1[C@H]1COCCN1. The first-order chi connectivity index (χ1) is 6.77. The Bertz CT molecular complexity index is 331. The molecule has 1 saturated heterocycles. The van der Waals surface area contributed by atoms with Gasteiger partial charge in [-0.2, -0.15) is 0 Å². The molecule has 1 aliphatic rings. The minimum atomic E-state index is -0.184.